The molecule has 0 radical (unpaired) electrons. The highest BCUT2D eigenvalue weighted by Crippen LogP contribution is 2.20. The van der Waals surface area contributed by atoms with E-state index < -0.39 is 0 Å². The van der Waals surface area contributed by atoms with E-state index in [1.54, 1.807) is 30.5 Å². The molecule has 16 heavy (non-hydrogen) atoms. The van der Waals surface area contributed by atoms with Gasteiger partial charge in [-0.3, -0.25) is 0 Å². The molecule has 0 aliphatic carbocycles. The Kier molecular flexibility index (Phi) is 3.08. The molecule has 0 aliphatic rings. The molecule has 5 heteroatoms. The minimum Gasteiger partial charge on any atom is -0.377 e. The fraction of sp³-hybridized carbons (Fsp3) is 0.0909. The highest BCUT2D eigenvalue weighted by molar-refractivity contribution is 6.30. The van der Waals surface area contributed by atoms with Gasteiger partial charge < -0.3 is 9.84 Å². The van der Waals surface area contributed by atoms with Gasteiger partial charge in [0.15, 0.2) is 5.76 Å². The van der Waals surface area contributed by atoms with Crippen LogP contribution in [0.4, 0.5) is 5.69 Å². The maximum absolute atomic E-state index is 8.92. The summed E-state index contributed by atoms with van der Waals surface area (Å²) in [5.41, 5.74) is 1.23. The maximum Gasteiger partial charge on any atom is 0.155 e. The Hall–Kier alpha value is -1.99. The first-order chi connectivity index (χ1) is 7.79. The molecule has 0 atom stereocenters. The SMILES string of the molecule is N#Cc1cc(Cl)ccc1NCc1ccno1. The lowest BCUT2D eigenvalue weighted by Gasteiger charge is -2.05. The van der Waals surface area contributed by atoms with E-state index >= 15 is 0 Å². The molecule has 4 nitrogen and oxygen atoms in total. The van der Waals surface area contributed by atoms with Crippen LogP contribution in [-0.4, -0.2) is 5.16 Å². The first kappa shape index (κ1) is 10.5. The average molecular weight is 234 g/mol. The van der Waals surface area contributed by atoms with Gasteiger partial charge in [-0.15, -0.1) is 0 Å². The smallest absolute Gasteiger partial charge is 0.155 e. The van der Waals surface area contributed by atoms with Gasteiger partial charge in [-0.2, -0.15) is 5.26 Å². The summed E-state index contributed by atoms with van der Waals surface area (Å²) in [7, 11) is 0. The van der Waals surface area contributed by atoms with E-state index in [1.165, 1.54) is 0 Å². The van der Waals surface area contributed by atoms with Crippen molar-refractivity contribution in [3.05, 3.63) is 46.8 Å². The molecule has 0 unspecified atom stereocenters. The fourth-order valence-electron chi connectivity index (χ4n) is 1.28. The molecular formula is C11H8ClN3O. The van der Waals surface area contributed by atoms with Gasteiger partial charge >= 0.3 is 0 Å². The molecule has 0 fully saturated rings. The zero-order valence-electron chi connectivity index (χ0n) is 8.27. The predicted octanol–water partition coefficient (Wildman–Crippen LogP) is 2.81. The number of nitrogens with zero attached hydrogens (tertiary/aromatic N) is 2. The largest absolute Gasteiger partial charge is 0.377 e. The summed E-state index contributed by atoms with van der Waals surface area (Å²) in [6.45, 7) is 0.482. The summed E-state index contributed by atoms with van der Waals surface area (Å²) in [5, 5.41) is 16.1. The second kappa shape index (κ2) is 4.69. The highest BCUT2D eigenvalue weighted by atomic mass is 35.5. The summed E-state index contributed by atoms with van der Waals surface area (Å²) < 4.78 is 4.93. The van der Waals surface area contributed by atoms with Crippen molar-refractivity contribution in [1.29, 1.82) is 5.26 Å². The Bertz CT molecular complexity index is 517. The third-order valence-electron chi connectivity index (χ3n) is 2.05. The van der Waals surface area contributed by atoms with E-state index in [9.17, 15) is 0 Å². The molecule has 2 aromatic rings. The molecule has 0 amide bonds. The molecule has 80 valence electrons. The second-order valence-electron chi connectivity index (χ2n) is 3.13. The highest BCUT2D eigenvalue weighted by Gasteiger charge is 2.03. The molecule has 0 saturated heterocycles. The normalized spacial score (nSPS) is 9.75. The molecule has 0 saturated carbocycles. The van der Waals surface area contributed by atoms with Crippen LogP contribution >= 0.6 is 11.6 Å². The van der Waals surface area contributed by atoms with Crippen molar-refractivity contribution in [3.63, 3.8) is 0 Å². The van der Waals surface area contributed by atoms with Crippen LogP contribution in [0.25, 0.3) is 0 Å². The van der Waals surface area contributed by atoms with E-state index in [4.69, 9.17) is 21.4 Å². The van der Waals surface area contributed by atoms with Gasteiger partial charge in [0, 0.05) is 11.1 Å². The summed E-state index contributed by atoms with van der Waals surface area (Å²) in [5.74, 6) is 0.707. The zero-order valence-corrected chi connectivity index (χ0v) is 9.03. The first-order valence-electron chi connectivity index (χ1n) is 4.62. The maximum atomic E-state index is 8.92. The number of rotatable bonds is 3. The van der Waals surface area contributed by atoms with Crippen molar-refractivity contribution in [2.45, 2.75) is 6.54 Å². The Morgan fingerprint density at radius 3 is 3.00 bits per heavy atom. The van der Waals surface area contributed by atoms with Crippen LogP contribution in [0.15, 0.2) is 35.0 Å². The van der Waals surface area contributed by atoms with Crippen LogP contribution in [0, 0.1) is 11.3 Å². The molecule has 1 heterocycles. The van der Waals surface area contributed by atoms with E-state index in [-0.39, 0.29) is 0 Å². The minimum atomic E-state index is 0.482. The van der Waals surface area contributed by atoms with Gasteiger partial charge in [0.05, 0.1) is 24.0 Å². The monoisotopic (exact) mass is 233 g/mol. The topological polar surface area (TPSA) is 61.9 Å². The third kappa shape index (κ3) is 2.33. The van der Waals surface area contributed by atoms with E-state index in [0.717, 1.165) is 5.69 Å². The number of anilines is 1. The number of aromatic nitrogens is 1. The number of hydrogen-bond donors (Lipinski definition) is 1. The molecule has 0 aliphatic heterocycles. The van der Waals surface area contributed by atoms with Crippen LogP contribution in [0.3, 0.4) is 0 Å². The van der Waals surface area contributed by atoms with Crippen molar-refractivity contribution in [2.75, 3.05) is 5.32 Å². The van der Waals surface area contributed by atoms with Gasteiger partial charge in [-0.05, 0) is 18.2 Å². The number of hydrogen-bond acceptors (Lipinski definition) is 4. The fourth-order valence-corrected chi connectivity index (χ4v) is 1.45. The zero-order chi connectivity index (χ0) is 11.4. The second-order valence-corrected chi connectivity index (χ2v) is 3.57. The van der Waals surface area contributed by atoms with Crippen LogP contribution in [0.5, 0.6) is 0 Å². The average Bonchev–Trinajstić information content (AvgIpc) is 2.80. The summed E-state index contributed by atoms with van der Waals surface area (Å²) in [6.07, 6.45) is 1.57. The van der Waals surface area contributed by atoms with Crippen molar-refractivity contribution in [3.8, 4) is 6.07 Å². The molecule has 0 bridgehead atoms. The van der Waals surface area contributed by atoms with Crippen molar-refractivity contribution < 1.29 is 4.52 Å². The Morgan fingerprint density at radius 2 is 2.31 bits per heavy atom. The minimum absolute atomic E-state index is 0.482. The molecule has 0 spiro atoms. The van der Waals surface area contributed by atoms with Crippen LogP contribution in [0.1, 0.15) is 11.3 Å². The van der Waals surface area contributed by atoms with Crippen LogP contribution in [0.2, 0.25) is 5.02 Å². The van der Waals surface area contributed by atoms with Gasteiger partial charge in [-0.1, -0.05) is 16.8 Å². The van der Waals surface area contributed by atoms with Crippen molar-refractivity contribution in [2.24, 2.45) is 0 Å². The van der Waals surface area contributed by atoms with Crippen LogP contribution in [-0.2, 0) is 6.54 Å². The van der Waals surface area contributed by atoms with Gasteiger partial charge in [0.25, 0.3) is 0 Å². The van der Waals surface area contributed by atoms with Gasteiger partial charge in [-0.25, -0.2) is 0 Å². The van der Waals surface area contributed by atoms with E-state index in [1.807, 2.05) is 0 Å². The van der Waals surface area contributed by atoms with Gasteiger partial charge in [0.1, 0.15) is 6.07 Å². The summed E-state index contributed by atoms with van der Waals surface area (Å²) in [6, 6.07) is 8.94. The molecule has 1 aromatic heterocycles. The molecule has 1 N–H and O–H groups in total. The van der Waals surface area contributed by atoms with Gasteiger partial charge in [0.2, 0.25) is 0 Å². The number of halogens is 1. The summed E-state index contributed by atoms with van der Waals surface area (Å²) >= 11 is 5.79. The number of benzene rings is 1. The number of nitriles is 1. The lowest BCUT2D eigenvalue weighted by atomic mass is 10.2. The van der Waals surface area contributed by atoms with E-state index in [0.29, 0.717) is 22.9 Å². The quantitative estimate of drug-likeness (QED) is 0.886. The Morgan fingerprint density at radius 1 is 1.44 bits per heavy atom. The Labute approximate surface area is 97.4 Å². The van der Waals surface area contributed by atoms with Crippen molar-refractivity contribution >= 4 is 17.3 Å². The lowest BCUT2D eigenvalue weighted by Crippen LogP contribution is -2.00. The van der Waals surface area contributed by atoms with Crippen molar-refractivity contribution in [1.82, 2.24) is 5.16 Å². The van der Waals surface area contributed by atoms with Crippen LogP contribution < -0.4 is 5.32 Å². The Balaban J connectivity index is 2.13. The standard InChI is InChI=1S/C11H8ClN3O/c12-9-1-2-11(8(5-9)6-13)14-7-10-3-4-15-16-10/h1-5,14H,7H2. The number of nitrogens with one attached hydrogen (secondary N) is 1. The lowest BCUT2D eigenvalue weighted by molar-refractivity contribution is 0.388. The molecule has 1 aromatic carbocycles. The molecule has 2 rings (SSSR count). The molecular weight excluding hydrogens is 226 g/mol. The third-order valence-corrected chi connectivity index (χ3v) is 2.28. The first-order valence-corrected chi connectivity index (χ1v) is 5.00. The van der Waals surface area contributed by atoms with E-state index in [2.05, 4.69) is 16.5 Å². The predicted molar refractivity (Wildman–Crippen MR) is 60.0 cm³/mol. The summed E-state index contributed by atoms with van der Waals surface area (Å²) in [4.78, 5) is 0.